The van der Waals surface area contributed by atoms with Crippen LogP contribution in [0.2, 0.25) is 0 Å². The second-order valence-corrected chi connectivity index (χ2v) is 35.4. The Morgan fingerprint density at radius 3 is 1.44 bits per heavy atom. The molecule has 5 aliphatic rings. The first kappa shape index (κ1) is 88.4. The zero-order valence-corrected chi connectivity index (χ0v) is 67.0. The van der Waals surface area contributed by atoms with Gasteiger partial charge in [-0.2, -0.15) is 8.61 Å². The Labute approximate surface area is 669 Å². The molecule has 613 valence electrons. The smallest absolute Gasteiger partial charge is 0.487 e. The molecule has 3 radical (unpaired) electrons. The molecular weight excluding hydrogens is 1540 g/mol. The molecule has 8 aromatic rings. The summed E-state index contributed by atoms with van der Waals surface area (Å²) >= 11 is 3.12. The van der Waals surface area contributed by atoms with E-state index in [2.05, 4.69) is 25.4 Å². The SMILES string of the molecule is C.Cc1nc(COc2ccc(C[C@H](NC(=O)OC(C)(C)C)[C@H](O)CN(CC(C)C)S(=O)(=O)c3ccc4occc4c3)cc2)cs1.Cc1nc(COc2ccc(C[C@H](NC(=O)O[C@H]3CO[C@H]4OCC[C@H]43)[C@H](O)CN(CC(C)C)S(=O)(=O)c3ccc4occc4c3)cc2)cs1.O=C(O[C@H]1CO[C@H]2OCC[C@H]21)ON1C(=O)CCC1=O.[2HH].[B]. The highest BCUT2D eigenvalue weighted by Gasteiger charge is 2.46. The molecule has 0 spiro atoms. The number of hydroxylamine groups is 2. The number of aliphatic hydroxyl groups excluding tert-OH is 2. The molecule has 4 aromatic carbocycles. The highest BCUT2D eigenvalue weighted by molar-refractivity contribution is 7.89. The van der Waals surface area contributed by atoms with Crippen molar-refractivity contribution in [1.82, 2.24) is 34.3 Å². The fraction of sp³-hybridized carbons (Fsp3) is 0.500. The Morgan fingerprint density at radius 1 is 0.611 bits per heavy atom. The molecule has 4 N–H and O–H groups in total. The molecule has 13 rings (SSSR count). The van der Waals surface area contributed by atoms with Gasteiger partial charge in [-0.3, -0.25) is 14.4 Å². The molecular formula is C78H101BN7O23S4. The van der Waals surface area contributed by atoms with Crippen LogP contribution in [-0.2, 0) is 93.7 Å². The number of hydrogen-bond donors (Lipinski definition) is 4. The molecule has 113 heavy (non-hydrogen) atoms. The van der Waals surface area contributed by atoms with Crippen LogP contribution in [-0.4, -0.2) is 197 Å². The maximum Gasteiger partial charge on any atom is 0.534 e. The molecule has 5 saturated heterocycles. The number of carbonyl (C=O) groups excluding carboxylic acids is 5. The number of carbonyl (C=O) groups is 5. The molecule has 0 aliphatic carbocycles. The maximum absolute atomic E-state index is 13.9. The summed E-state index contributed by atoms with van der Waals surface area (Å²) in [5.41, 5.74) is 3.71. The number of thiazole rings is 2. The number of benzene rings is 4. The van der Waals surface area contributed by atoms with Crippen molar-refractivity contribution in [2.75, 3.05) is 52.6 Å². The normalized spacial score (nSPS) is 19.8. The number of fused-ring (bicyclic) bond motifs is 4. The summed E-state index contributed by atoms with van der Waals surface area (Å²) < 4.78 is 119. The van der Waals surface area contributed by atoms with E-state index in [4.69, 9.17) is 51.5 Å². The second-order valence-electron chi connectivity index (χ2n) is 29.4. The van der Waals surface area contributed by atoms with Gasteiger partial charge in [0, 0.05) is 70.4 Å². The van der Waals surface area contributed by atoms with Gasteiger partial charge >= 0.3 is 18.3 Å². The number of nitrogens with zero attached hydrogens (tertiary/aromatic N) is 5. The molecule has 4 aromatic heterocycles. The first-order chi connectivity index (χ1) is 52.9. The molecule has 10 atom stereocenters. The van der Waals surface area contributed by atoms with Crippen LogP contribution in [0.3, 0.4) is 0 Å². The van der Waals surface area contributed by atoms with Gasteiger partial charge in [0.05, 0.1) is 106 Å². The zero-order valence-electron chi connectivity index (χ0n) is 63.7. The third-order valence-electron chi connectivity index (χ3n) is 18.5. The lowest BCUT2D eigenvalue weighted by molar-refractivity contribution is -0.179. The molecule has 0 unspecified atom stereocenters. The van der Waals surface area contributed by atoms with Crippen LogP contribution in [0.1, 0.15) is 116 Å². The Morgan fingerprint density at radius 2 is 1.04 bits per heavy atom. The van der Waals surface area contributed by atoms with Crippen LogP contribution < -0.4 is 20.1 Å². The number of rotatable bonds is 29. The lowest BCUT2D eigenvalue weighted by Crippen LogP contribution is -2.51. The van der Waals surface area contributed by atoms with Crippen molar-refractivity contribution in [3.63, 3.8) is 0 Å². The summed E-state index contributed by atoms with van der Waals surface area (Å²) in [7, 11) is -8.01. The minimum absolute atomic E-state index is 0. The van der Waals surface area contributed by atoms with Crippen molar-refractivity contribution in [2.24, 2.45) is 23.7 Å². The lowest BCUT2D eigenvalue weighted by Gasteiger charge is -2.31. The van der Waals surface area contributed by atoms with Crippen LogP contribution in [0.25, 0.3) is 21.9 Å². The summed E-state index contributed by atoms with van der Waals surface area (Å²) in [6, 6.07) is 25.7. The number of furan rings is 2. The van der Waals surface area contributed by atoms with Gasteiger partial charge in [0.15, 0.2) is 12.6 Å². The van der Waals surface area contributed by atoms with E-state index in [0.29, 0.717) is 64.9 Å². The molecule has 5 fully saturated rings. The van der Waals surface area contributed by atoms with Crippen LogP contribution in [0.5, 0.6) is 11.5 Å². The Bertz CT molecular complexity index is 4700. The first-order valence-corrected chi connectivity index (χ1v) is 41.3. The average molecular weight is 1640 g/mol. The number of sulfonamides is 2. The van der Waals surface area contributed by atoms with Gasteiger partial charge < -0.3 is 72.3 Å². The highest BCUT2D eigenvalue weighted by atomic mass is 32.2. The summed E-state index contributed by atoms with van der Waals surface area (Å²) in [6.45, 7) is 18.8. The third kappa shape index (κ3) is 24.3. The molecule has 0 saturated carbocycles. The van der Waals surface area contributed by atoms with E-state index < -0.39 is 92.3 Å². The van der Waals surface area contributed by atoms with E-state index in [1.807, 2.05) is 101 Å². The van der Waals surface area contributed by atoms with Gasteiger partial charge in [-0.05, 0) is 156 Å². The van der Waals surface area contributed by atoms with E-state index in [9.17, 15) is 51.0 Å². The van der Waals surface area contributed by atoms with Crippen LogP contribution >= 0.6 is 22.7 Å². The monoisotopic (exact) mass is 1640 g/mol. The van der Waals surface area contributed by atoms with E-state index in [1.165, 1.54) is 33.3 Å². The van der Waals surface area contributed by atoms with Crippen LogP contribution in [0.4, 0.5) is 14.4 Å². The van der Waals surface area contributed by atoms with Gasteiger partial charge in [-0.25, -0.2) is 41.2 Å². The third-order valence-corrected chi connectivity index (χ3v) is 23.8. The standard InChI is InChI=1S/C34H41N3O9S2.C32H41N3O7S2.C11H13NO7.CH4.B.H2/c1-21(2)16-37(48(40,41)27-8-9-31-24(15-27)10-12-42-31)17-30(38)29(36-34(39)46-32-19-45-33-28(32)11-13-43-33)14-23-4-6-26(7-5-23)44-18-25-20-47-22(3)35-25;1-21(2)17-35(44(38,39)27-11-12-30-24(16-27)13-14-40-30)18-29(36)28(34-31(37)42-32(4,5)6)15-23-7-9-26(10-8-23)41-19-25-20-43-22(3)33-25;13-8-1-2-9(14)12(8)19-11(15)18-7-5-17-10-6(7)3-4-16-10;;;/h4-10,12,15,20-21,28-30,32-33,38H,11,13-14,16-19H2,1-3H3,(H,36,39);7-14,16,20-21,28-29,36H,15,17-19H2,1-6H3,(H,34,37);6-7,10H,1-5H2;1H4;;1H/t28-,29-,30+,32-,33+;28-,29+;6-,7-,10+;;;/m000.../s1/i;;;;;1+1. The van der Waals surface area contributed by atoms with Gasteiger partial charge in [0.2, 0.25) is 20.0 Å². The Balaban J connectivity index is 0.000000228. The lowest BCUT2D eigenvalue weighted by atomic mass is 10.0. The summed E-state index contributed by atoms with van der Waals surface area (Å²) in [5, 5.41) is 36.4. The predicted octanol–water partition coefficient (Wildman–Crippen LogP) is 11.3. The largest absolute Gasteiger partial charge is 0.534 e. The number of aliphatic hydroxyl groups is 2. The number of aryl methyl sites for hydroxylation is 2. The van der Waals surface area contributed by atoms with Gasteiger partial charge in [-0.1, -0.05) is 64.5 Å². The number of nitrogens with one attached hydrogen (secondary N) is 2. The van der Waals surface area contributed by atoms with Crippen LogP contribution in [0.15, 0.2) is 139 Å². The molecule has 4 amide bonds. The second kappa shape index (κ2) is 39.6. The zero-order chi connectivity index (χ0) is 79.3. The topological polar surface area (TPSA) is 372 Å². The van der Waals surface area contributed by atoms with E-state index >= 15 is 0 Å². The molecule has 35 heteroatoms. The van der Waals surface area contributed by atoms with Gasteiger partial charge in [0.1, 0.15) is 53.7 Å². The summed E-state index contributed by atoms with van der Waals surface area (Å²) in [5.74, 6) is 0.0981. The fourth-order valence-electron chi connectivity index (χ4n) is 13.1. The van der Waals surface area contributed by atoms with Crippen molar-refractivity contribution in [3.05, 3.63) is 153 Å². The van der Waals surface area contributed by atoms with Crippen LogP contribution in [0, 0.1) is 37.5 Å². The number of alkyl carbamates (subject to hydrolysis) is 2. The van der Waals surface area contributed by atoms with Gasteiger partial charge in [-0.15, -0.1) is 22.7 Å². The number of aromatic nitrogens is 2. The minimum Gasteiger partial charge on any atom is -0.487 e. The van der Waals surface area contributed by atoms with Gasteiger partial charge in [0.25, 0.3) is 11.8 Å². The number of ether oxygens (including phenoxy) is 9. The molecule has 30 nitrogen and oxygen atoms in total. The number of hydrogen-bond acceptors (Lipinski definition) is 27. The fourth-order valence-corrected chi connectivity index (χ4v) is 17.6. The molecule has 9 heterocycles. The minimum atomic E-state index is -4.02. The van der Waals surface area contributed by atoms with E-state index in [-0.39, 0.29) is 128 Å². The predicted molar refractivity (Wildman–Crippen MR) is 419 cm³/mol. The van der Waals surface area contributed by atoms with E-state index in [1.54, 1.807) is 79.8 Å². The molecule has 5 aliphatic heterocycles. The number of amides is 4. The molecule has 0 bridgehead atoms. The Kier molecular flexibility index (Phi) is 31.0. The van der Waals surface area contributed by atoms with Crippen molar-refractivity contribution in [1.29, 1.82) is 0 Å². The first-order valence-electron chi connectivity index (χ1n) is 36.6. The van der Waals surface area contributed by atoms with Crippen molar-refractivity contribution in [3.8, 4) is 11.5 Å². The summed E-state index contributed by atoms with van der Waals surface area (Å²) in [6.07, 6.45) is -1.70. The summed E-state index contributed by atoms with van der Waals surface area (Å²) in [4.78, 5) is 73.8. The highest BCUT2D eigenvalue weighted by Crippen LogP contribution is 2.36. The maximum atomic E-state index is 13.9. The Hall–Kier alpha value is -8.59. The van der Waals surface area contributed by atoms with Crippen molar-refractivity contribution < 1.29 is 109 Å². The van der Waals surface area contributed by atoms with Crippen molar-refractivity contribution >= 4 is 103 Å². The quantitative estimate of drug-likeness (QED) is 0.0146. The number of imide groups is 1. The van der Waals surface area contributed by atoms with Crippen molar-refractivity contribution in [2.45, 2.75) is 186 Å². The average Bonchev–Trinajstić information content (AvgIpc) is 1.13. The van der Waals surface area contributed by atoms with E-state index in [0.717, 1.165) is 45.4 Å².